The minimum Gasteiger partial charge on any atom is -0.493 e. The van der Waals surface area contributed by atoms with Crippen LogP contribution in [0.1, 0.15) is 37.6 Å². The van der Waals surface area contributed by atoms with Gasteiger partial charge < -0.3 is 20.1 Å². The highest BCUT2D eigenvalue weighted by molar-refractivity contribution is 5.98. The molecule has 7 heteroatoms. The van der Waals surface area contributed by atoms with Gasteiger partial charge in [-0.1, -0.05) is 19.1 Å². The second kappa shape index (κ2) is 10.3. The lowest BCUT2D eigenvalue weighted by Gasteiger charge is -2.12. The predicted molar refractivity (Wildman–Crippen MR) is 88.8 cm³/mol. The molecule has 0 fully saturated rings. The number of amides is 2. The molecule has 132 valence electrons. The molecule has 0 unspecified atom stereocenters. The zero-order chi connectivity index (χ0) is 17.9. The first kappa shape index (κ1) is 19.5. The number of carbonyl (C=O) groups is 3. The maximum Gasteiger partial charge on any atom is 0.325 e. The average molecular weight is 336 g/mol. The first-order chi connectivity index (χ1) is 11.5. The maximum absolute atomic E-state index is 12.1. The molecular weight excluding hydrogens is 312 g/mol. The molecule has 0 spiro atoms. The van der Waals surface area contributed by atoms with Crippen LogP contribution in [0, 0.1) is 0 Å². The average Bonchev–Trinajstić information content (AvgIpc) is 2.58. The zero-order valence-electron chi connectivity index (χ0n) is 14.3. The van der Waals surface area contributed by atoms with Crippen LogP contribution in [-0.4, -0.2) is 43.6 Å². The van der Waals surface area contributed by atoms with Crippen LogP contribution in [0.15, 0.2) is 24.3 Å². The molecule has 7 nitrogen and oxygen atoms in total. The van der Waals surface area contributed by atoms with Crippen LogP contribution in [0.25, 0.3) is 0 Å². The minimum absolute atomic E-state index is 0.0194. The smallest absolute Gasteiger partial charge is 0.325 e. The number of benzene rings is 1. The second-order valence-electron chi connectivity index (χ2n) is 5.15. The van der Waals surface area contributed by atoms with Gasteiger partial charge in [0.2, 0.25) is 0 Å². The Balaban J connectivity index is 2.42. The van der Waals surface area contributed by atoms with Gasteiger partial charge in [0.05, 0.1) is 12.2 Å². The first-order valence-electron chi connectivity index (χ1n) is 7.92. The Morgan fingerprint density at radius 3 is 2.54 bits per heavy atom. The van der Waals surface area contributed by atoms with Crippen LogP contribution in [0.5, 0.6) is 5.75 Å². The van der Waals surface area contributed by atoms with Gasteiger partial charge in [0, 0.05) is 6.04 Å². The molecule has 1 aromatic rings. The number of ether oxygens (including phenoxy) is 2. The van der Waals surface area contributed by atoms with Crippen molar-refractivity contribution in [3.63, 3.8) is 0 Å². The Labute approximate surface area is 141 Å². The van der Waals surface area contributed by atoms with Crippen molar-refractivity contribution in [1.82, 2.24) is 10.6 Å². The molecule has 0 heterocycles. The Hall–Kier alpha value is -2.57. The van der Waals surface area contributed by atoms with E-state index < -0.39 is 11.9 Å². The molecule has 2 N–H and O–H groups in total. The number of hydrogen-bond donors (Lipinski definition) is 2. The fourth-order valence-electron chi connectivity index (χ4n) is 1.80. The van der Waals surface area contributed by atoms with Crippen molar-refractivity contribution in [2.75, 3.05) is 19.8 Å². The highest BCUT2D eigenvalue weighted by Crippen LogP contribution is 2.17. The van der Waals surface area contributed by atoms with Gasteiger partial charge in [-0.3, -0.25) is 14.4 Å². The first-order valence-corrected chi connectivity index (χ1v) is 7.92. The molecule has 1 atom stereocenters. The molecule has 0 saturated carbocycles. The summed E-state index contributed by atoms with van der Waals surface area (Å²) in [6.07, 6.45) is 0.787. The van der Waals surface area contributed by atoms with E-state index in [9.17, 15) is 14.4 Å². The van der Waals surface area contributed by atoms with E-state index in [1.54, 1.807) is 24.3 Å². The quantitative estimate of drug-likeness (QED) is 0.663. The SMILES string of the molecule is CCOc1ccccc1C(=O)NCC(=O)OCC(=O)N[C@@H](C)CC. The number of nitrogens with one attached hydrogen (secondary N) is 2. The Bertz CT molecular complexity index is 574. The fraction of sp³-hybridized carbons (Fsp3) is 0.471. The highest BCUT2D eigenvalue weighted by atomic mass is 16.5. The topological polar surface area (TPSA) is 93.7 Å². The predicted octanol–water partition coefficient (Wildman–Crippen LogP) is 1.27. The monoisotopic (exact) mass is 336 g/mol. The number of esters is 1. The van der Waals surface area contributed by atoms with Crippen molar-refractivity contribution < 1.29 is 23.9 Å². The van der Waals surface area contributed by atoms with E-state index in [-0.39, 0.29) is 25.1 Å². The van der Waals surface area contributed by atoms with Gasteiger partial charge in [-0.05, 0) is 32.4 Å². The summed E-state index contributed by atoms with van der Waals surface area (Å²) < 4.78 is 10.2. The lowest BCUT2D eigenvalue weighted by Crippen LogP contribution is -2.37. The van der Waals surface area contributed by atoms with Gasteiger partial charge in [-0.2, -0.15) is 0 Å². The van der Waals surface area contributed by atoms with Gasteiger partial charge in [0.15, 0.2) is 6.61 Å². The molecule has 2 amide bonds. The van der Waals surface area contributed by atoms with Gasteiger partial charge >= 0.3 is 5.97 Å². The third-order valence-electron chi connectivity index (χ3n) is 3.21. The molecule has 1 aromatic carbocycles. The van der Waals surface area contributed by atoms with Crippen LogP contribution in [0.3, 0.4) is 0 Å². The number of hydrogen-bond acceptors (Lipinski definition) is 5. The van der Waals surface area contributed by atoms with Crippen molar-refractivity contribution in [2.24, 2.45) is 0 Å². The Morgan fingerprint density at radius 2 is 1.88 bits per heavy atom. The highest BCUT2D eigenvalue weighted by Gasteiger charge is 2.14. The van der Waals surface area contributed by atoms with Crippen molar-refractivity contribution in [1.29, 1.82) is 0 Å². The molecule has 0 radical (unpaired) electrons. The summed E-state index contributed by atoms with van der Waals surface area (Å²) in [6, 6.07) is 6.76. The largest absolute Gasteiger partial charge is 0.493 e. The summed E-state index contributed by atoms with van der Waals surface area (Å²) in [5, 5.41) is 5.13. The van der Waals surface area contributed by atoms with E-state index in [0.29, 0.717) is 17.9 Å². The van der Waals surface area contributed by atoms with Crippen LogP contribution in [0.2, 0.25) is 0 Å². The summed E-state index contributed by atoms with van der Waals surface area (Å²) in [4.78, 5) is 35.2. The Morgan fingerprint density at radius 1 is 1.17 bits per heavy atom. The van der Waals surface area contributed by atoms with Crippen LogP contribution in [-0.2, 0) is 14.3 Å². The van der Waals surface area contributed by atoms with Gasteiger partial charge in [-0.25, -0.2) is 0 Å². The third-order valence-corrected chi connectivity index (χ3v) is 3.21. The number of rotatable bonds is 9. The number of carbonyl (C=O) groups excluding carboxylic acids is 3. The zero-order valence-corrected chi connectivity index (χ0v) is 14.3. The van der Waals surface area contributed by atoms with Crippen molar-refractivity contribution in [3.8, 4) is 5.75 Å². The molecular formula is C17H24N2O5. The molecule has 24 heavy (non-hydrogen) atoms. The summed E-state index contributed by atoms with van der Waals surface area (Å²) in [5.74, 6) is -1.05. The Kier molecular flexibility index (Phi) is 8.32. The van der Waals surface area contributed by atoms with Crippen molar-refractivity contribution in [3.05, 3.63) is 29.8 Å². The van der Waals surface area contributed by atoms with E-state index in [1.165, 1.54) is 0 Å². The molecule has 0 aliphatic carbocycles. The van der Waals surface area contributed by atoms with Crippen molar-refractivity contribution >= 4 is 17.8 Å². The van der Waals surface area contributed by atoms with E-state index in [4.69, 9.17) is 9.47 Å². The molecule has 1 rings (SSSR count). The normalized spacial score (nSPS) is 11.3. The second-order valence-corrected chi connectivity index (χ2v) is 5.15. The van der Waals surface area contributed by atoms with Crippen molar-refractivity contribution in [2.45, 2.75) is 33.2 Å². The lowest BCUT2D eigenvalue weighted by atomic mass is 10.2. The van der Waals surface area contributed by atoms with Crippen LogP contribution >= 0.6 is 0 Å². The third kappa shape index (κ3) is 6.68. The van der Waals surface area contributed by atoms with E-state index in [1.807, 2.05) is 20.8 Å². The molecule has 0 aromatic heterocycles. The lowest BCUT2D eigenvalue weighted by molar-refractivity contribution is -0.147. The fourth-order valence-corrected chi connectivity index (χ4v) is 1.80. The van der Waals surface area contributed by atoms with Gasteiger partial charge in [0.25, 0.3) is 11.8 Å². The summed E-state index contributed by atoms with van der Waals surface area (Å²) >= 11 is 0. The van der Waals surface area contributed by atoms with Gasteiger partial charge in [-0.15, -0.1) is 0 Å². The maximum atomic E-state index is 12.1. The van der Waals surface area contributed by atoms with E-state index in [0.717, 1.165) is 6.42 Å². The van der Waals surface area contributed by atoms with E-state index >= 15 is 0 Å². The summed E-state index contributed by atoms with van der Waals surface area (Å²) in [7, 11) is 0. The van der Waals surface area contributed by atoms with Crippen LogP contribution < -0.4 is 15.4 Å². The summed E-state index contributed by atoms with van der Waals surface area (Å²) in [5.41, 5.74) is 0.335. The molecule has 0 aliphatic rings. The van der Waals surface area contributed by atoms with Gasteiger partial charge in [0.1, 0.15) is 12.3 Å². The summed E-state index contributed by atoms with van der Waals surface area (Å²) in [6.45, 7) is 5.35. The molecule has 0 aliphatic heterocycles. The number of para-hydroxylation sites is 1. The standard InChI is InChI=1S/C17H24N2O5/c1-4-12(3)19-15(20)11-24-16(21)10-18-17(22)13-8-6-7-9-14(13)23-5-2/h6-9,12H,4-5,10-11H2,1-3H3,(H,18,22)(H,19,20)/t12-/m0/s1. The van der Waals surface area contributed by atoms with Crippen LogP contribution in [0.4, 0.5) is 0 Å². The molecule has 0 saturated heterocycles. The van der Waals surface area contributed by atoms with E-state index in [2.05, 4.69) is 10.6 Å². The minimum atomic E-state index is -0.684. The molecule has 0 bridgehead atoms.